The molecule has 7 heteroatoms. The van der Waals surface area contributed by atoms with Crippen LogP contribution in [0.1, 0.15) is 17.3 Å². The van der Waals surface area contributed by atoms with E-state index in [9.17, 15) is 14.5 Å². The Bertz CT molecular complexity index is 452. The fourth-order valence-electron chi connectivity index (χ4n) is 1.16. The molecule has 0 bridgehead atoms. The average Bonchev–Trinajstić information content (AvgIpc) is 2.27. The lowest BCUT2D eigenvalue weighted by Crippen LogP contribution is -2.31. The van der Waals surface area contributed by atoms with Crippen molar-refractivity contribution in [3.63, 3.8) is 0 Å². The molecule has 0 atom stereocenters. The third-order valence-corrected chi connectivity index (χ3v) is 1.91. The fraction of sp³-hybridized carbons (Fsp3) is 0.250. The van der Waals surface area contributed by atoms with Crippen LogP contribution < -0.4 is 11.0 Å². The van der Waals surface area contributed by atoms with Gasteiger partial charge in [0.2, 0.25) is 0 Å². The Hall–Kier alpha value is -2.02. The molecular weight excluding hydrogens is 202 g/mol. The summed E-state index contributed by atoms with van der Waals surface area (Å²) in [7, 11) is 0. The zero-order chi connectivity index (χ0) is 11.4. The summed E-state index contributed by atoms with van der Waals surface area (Å²) < 4.78 is 1.22. The van der Waals surface area contributed by atoms with Crippen LogP contribution in [-0.2, 0) is 6.54 Å². The molecule has 1 aromatic heterocycles. The summed E-state index contributed by atoms with van der Waals surface area (Å²) in [6.07, 6.45) is 1.35. The van der Waals surface area contributed by atoms with Gasteiger partial charge in [-0.15, -0.1) is 4.91 Å². The molecule has 7 nitrogen and oxygen atoms in total. The zero-order valence-electron chi connectivity index (χ0n) is 7.93. The van der Waals surface area contributed by atoms with Crippen molar-refractivity contribution in [3.05, 3.63) is 33.1 Å². The predicted octanol–water partition coefficient (Wildman–Crippen LogP) is 0.385. The molecule has 15 heavy (non-hydrogen) atoms. The molecule has 80 valence electrons. The number of aromatic nitrogens is 1. The maximum absolute atomic E-state index is 11.6. The van der Waals surface area contributed by atoms with Gasteiger partial charge < -0.3 is 4.57 Å². The molecule has 2 N–H and O–H groups in total. The summed E-state index contributed by atoms with van der Waals surface area (Å²) in [5, 5.41) is 10.9. The fourth-order valence-corrected chi connectivity index (χ4v) is 1.16. The highest BCUT2D eigenvalue weighted by molar-refractivity contribution is 5.97. The van der Waals surface area contributed by atoms with E-state index in [1.54, 1.807) is 6.92 Å². The minimum Gasteiger partial charge on any atom is -0.315 e. The summed E-state index contributed by atoms with van der Waals surface area (Å²) in [6.45, 7) is 2.06. The van der Waals surface area contributed by atoms with E-state index in [2.05, 4.69) is 5.18 Å². The SMILES string of the molecule is CCn1ccc(N=O)c(C(=O)NO)c1=O. The lowest BCUT2D eigenvalue weighted by Gasteiger charge is -2.05. The number of aryl methyl sites for hydroxylation is 1. The number of hydroxylamine groups is 1. The third-order valence-electron chi connectivity index (χ3n) is 1.91. The number of hydrogen-bond donors (Lipinski definition) is 2. The van der Waals surface area contributed by atoms with Crippen LogP contribution in [0.25, 0.3) is 0 Å². The maximum Gasteiger partial charge on any atom is 0.282 e. The predicted molar refractivity (Wildman–Crippen MR) is 51.1 cm³/mol. The van der Waals surface area contributed by atoms with Gasteiger partial charge in [-0.25, -0.2) is 5.48 Å². The lowest BCUT2D eigenvalue weighted by atomic mass is 10.2. The van der Waals surface area contributed by atoms with Crippen molar-refractivity contribution < 1.29 is 10.0 Å². The van der Waals surface area contributed by atoms with E-state index in [1.165, 1.54) is 22.3 Å². The van der Waals surface area contributed by atoms with E-state index in [-0.39, 0.29) is 5.69 Å². The number of carbonyl (C=O) groups excluding carboxylic acids is 1. The van der Waals surface area contributed by atoms with Crippen molar-refractivity contribution in [2.45, 2.75) is 13.5 Å². The molecule has 1 rings (SSSR count). The molecule has 0 unspecified atom stereocenters. The van der Waals surface area contributed by atoms with Gasteiger partial charge in [-0.1, -0.05) is 0 Å². The smallest absolute Gasteiger partial charge is 0.282 e. The summed E-state index contributed by atoms with van der Waals surface area (Å²) in [6, 6.07) is 1.24. The van der Waals surface area contributed by atoms with Crippen molar-refractivity contribution in [2.24, 2.45) is 5.18 Å². The van der Waals surface area contributed by atoms with Gasteiger partial charge in [0.1, 0.15) is 11.3 Å². The zero-order valence-corrected chi connectivity index (χ0v) is 7.93. The average molecular weight is 211 g/mol. The van der Waals surface area contributed by atoms with Gasteiger partial charge in [0.25, 0.3) is 11.5 Å². The lowest BCUT2D eigenvalue weighted by molar-refractivity contribution is 0.0705. The number of amides is 1. The number of nitrogens with one attached hydrogen (secondary N) is 1. The first-order valence-corrected chi connectivity index (χ1v) is 4.17. The number of nitroso groups, excluding NO2 is 1. The van der Waals surface area contributed by atoms with Gasteiger partial charge in [-0.3, -0.25) is 14.8 Å². The first-order valence-electron chi connectivity index (χ1n) is 4.17. The summed E-state index contributed by atoms with van der Waals surface area (Å²) in [4.78, 5) is 33.0. The van der Waals surface area contributed by atoms with Gasteiger partial charge >= 0.3 is 0 Å². The maximum atomic E-state index is 11.6. The molecule has 1 aromatic rings. The molecule has 0 aromatic carbocycles. The van der Waals surface area contributed by atoms with Crippen LogP contribution in [0.15, 0.2) is 22.2 Å². The summed E-state index contributed by atoms with van der Waals surface area (Å²) in [5.74, 6) is -1.04. The molecule has 0 radical (unpaired) electrons. The van der Waals surface area contributed by atoms with Crippen molar-refractivity contribution in [2.75, 3.05) is 0 Å². The minimum absolute atomic E-state index is 0.295. The number of carbonyl (C=O) groups is 1. The van der Waals surface area contributed by atoms with Gasteiger partial charge in [0.15, 0.2) is 0 Å². The highest BCUT2D eigenvalue weighted by Gasteiger charge is 2.17. The monoisotopic (exact) mass is 211 g/mol. The van der Waals surface area contributed by atoms with Crippen LogP contribution in [0.4, 0.5) is 5.69 Å². The van der Waals surface area contributed by atoms with Crippen molar-refractivity contribution in [3.8, 4) is 0 Å². The van der Waals surface area contributed by atoms with Gasteiger partial charge in [0, 0.05) is 12.7 Å². The Morgan fingerprint density at radius 2 is 2.33 bits per heavy atom. The summed E-state index contributed by atoms with van der Waals surface area (Å²) >= 11 is 0. The van der Waals surface area contributed by atoms with Crippen LogP contribution in [-0.4, -0.2) is 15.7 Å². The Morgan fingerprint density at radius 3 is 2.80 bits per heavy atom. The minimum atomic E-state index is -1.04. The standard InChI is InChI=1S/C8H9N3O4/c1-2-11-4-3-5(9-14)6(8(11)13)7(12)10-15/h3-4,15H,2H2,1H3,(H,10,12). The number of nitrogens with zero attached hydrogens (tertiary/aromatic N) is 2. The molecule has 0 saturated heterocycles. The Balaban J connectivity index is 3.49. The van der Waals surface area contributed by atoms with Gasteiger partial charge in [0.05, 0.1) is 0 Å². The molecule has 0 saturated carbocycles. The van der Waals surface area contributed by atoms with Crippen LogP contribution in [0.3, 0.4) is 0 Å². The second kappa shape index (κ2) is 4.47. The number of pyridine rings is 1. The normalized spacial score (nSPS) is 9.73. The van der Waals surface area contributed by atoms with Crippen molar-refractivity contribution in [1.82, 2.24) is 10.0 Å². The third kappa shape index (κ3) is 1.91. The number of hydrogen-bond acceptors (Lipinski definition) is 5. The second-order valence-electron chi connectivity index (χ2n) is 2.70. The van der Waals surface area contributed by atoms with Crippen LogP contribution in [0, 0.1) is 4.91 Å². The van der Waals surface area contributed by atoms with E-state index < -0.39 is 17.0 Å². The van der Waals surface area contributed by atoms with Crippen LogP contribution >= 0.6 is 0 Å². The van der Waals surface area contributed by atoms with E-state index in [1.807, 2.05) is 0 Å². The van der Waals surface area contributed by atoms with Crippen LogP contribution in [0.5, 0.6) is 0 Å². The van der Waals surface area contributed by atoms with Crippen LogP contribution in [0.2, 0.25) is 0 Å². The largest absolute Gasteiger partial charge is 0.315 e. The van der Waals surface area contributed by atoms with E-state index in [4.69, 9.17) is 5.21 Å². The topological polar surface area (TPSA) is 101 Å². The van der Waals surface area contributed by atoms with Crippen molar-refractivity contribution in [1.29, 1.82) is 0 Å². The van der Waals surface area contributed by atoms with Crippen molar-refractivity contribution >= 4 is 11.6 Å². The van der Waals surface area contributed by atoms with E-state index in [0.29, 0.717) is 6.54 Å². The first-order chi connectivity index (χ1) is 7.15. The first kappa shape index (κ1) is 11.1. The molecule has 0 aliphatic carbocycles. The number of rotatable bonds is 3. The van der Waals surface area contributed by atoms with E-state index >= 15 is 0 Å². The molecule has 1 heterocycles. The van der Waals surface area contributed by atoms with Gasteiger partial charge in [-0.2, -0.15) is 0 Å². The Morgan fingerprint density at radius 1 is 1.67 bits per heavy atom. The summed E-state index contributed by atoms with van der Waals surface area (Å²) in [5.41, 5.74) is -0.125. The molecule has 1 amide bonds. The van der Waals surface area contributed by atoms with E-state index in [0.717, 1.165) is 0 Å². The molecule has 0 aliphatic heterocycles. The highest BCUT2D eigenvalue weighted by atomic mass is 16.5. The molecular formula is C8H9N3O4. The highest BCUT2D eigenvalue weighted by Crippen LogP contribution is 2.13. The molecule has 0 aliphatic rings. The Labute approximate surface area is 84.3 Å². The molecule has 0 fully saturated rings. The Kier molecular flexibility index (Phi) is 3.29. The van der Waals surface area contributed by atoms with Gasteiger partial charge in [-0.05, 0) is 18.2 Å². The quantitative estimate of drug-likeness (QED) is 0.428. The molecule has 0 spiro atoms. The second-order valence-corrected chi connectivity index (χ2v) is 2.70.